The lowest BCUT2D eigenvalue weighted by Crippen LogP contribution is -1.92. The van der Waals surface area contributed by atoms with Crippen molar-refractivity contribution in [3.8, 4) is 0 Å². The van der Waals surface area contributed by atoms with Crippen molar-refractivity contribution < 1.29 is 0 Å². The first-order valence-electron chi connectivity index (χ1n) is 3.16. The lowest BCUT2D eigenvalue weighted by molar-refractivity contribution is 1.24. The van der Waals surface area contributed by atoms with Gasteiger partial charge in [0.1, 0.15) is 0 Å². The second kappa shape index (κ2) is 4.61. The summed E-state index contributed by atoms with van der Waals surface area (Å²) in [5.74, 6) is 0. The first-order valence-corrected chi connectivity index (χ1v) is 3.16. The van der Waals surface area contributed by atoms with Crippen molar-refractivity contribution in [3.05, 3.63) is 0 Å². The number of nitrogens with zero attached hydrogens (tertiary/aromatic N) is 1. The summed E-state index contributed by atoms with van der Waals surface area (Å²) < 4.78 is 4.15. The van der Waals surface area contributed by atoms with Gasteiger partial charge in [-0.2, -0.15) is 0 Å². The maximum absolute atomic E-state index is 4.15. The fourth-order valence-corrected chi connectivity index (χ4v) is 0.338. The van der Waals surface area contributed by atoms with E-state index in [0.717, 1.165) is 12.8 Å². The van der Waals surface area contributed by atoms with E-state index in [1.165, 1.54) is 5.71 Å². The fraction of sp³-hybridized carbons (Fsp3) is 0.714. The second-order valence-electron chi connectivity index (χ2n) is 1.81. The molecular weight excluding hydrogens is 98.1 g/mol. The molecule has 0 saturated carbocycles. The van der Waals surface area contributed by atoms with Crippen LogP contribution in [0.5, 0.6) is 0 Å². The molecule has 0 aliphatic carbocycles. The highest BCUT2D eigenvalue weighted by Gasteiger charge is 1.90. The van der Waals surface area contributed by atoms with Crippen molar-refractivity contribution in [2.24, 2.45) is 0 Å². The summed E-state index contributed by atoms with van der Waals surface area (Å²) in [6.07, 6.45) is 4.05. The molecule has 0 N–H and O–H groups in total. The minimum absolute atomic E-state index is 1.04. The zero-order valence-electron chi connectivity index (χ0n) is 5.94. The summed E-state index contributed by atoms with van der Waals surface area (Å²) in [7, 11) is 0. The van der Waals surface area contributed by atoms with Crippen LogP contribution in [-0.2, 0) is 0 Å². The molecule has 0 aliphatic rings. The summed E-state index contributed by atoms with van der Waals surface area (Å²) in [6.45, 7) is 6.25. The van der Waals surface area contributed by atoms with Crippen LogP contribution >= 0.6 is 0 Å². The topological polar surface area (TPSA) is 14.1 Å². The van der Waals surface area contributed by atoms with Gasteiger partial charge in [-0.15, -0.1) is 4.67 Å². The Hall–Kier alpha value is -0.550. The van der Waals surface area contributed by atoms with E-state index in [-0.39, 0.29) is 0 Å². The van der Waals surface area contributed by atoms with E-state index in [2.05, 4.69) is 18.5 Å². The summed E-state index contributed by atoms with van der Waals surface area (Å²) in [5.41, 5.74) is 1.21. The molecule has 0 saturated heterocycles. The van der Waals surface area contributed by atoms with Crippen LogP contribution in [0.25, 0.3) is 0 Å². The first kappa shape index (κ1) is 7.45. The Morgan fingerprint density at radius 1 is 1.50 bits per heavy atom. The number of hydrogen-bond donors (Lipinski definition) is 0. The maximum Gasteiger partial charge on any atom is 0.276 e. The van der Waals surface area contributed by atoms with Crippen LogP contribution in [0.2, 0.25) is 0 Å². The first-order chi connectivity index (χ1) is 3.81. The van der Waals surface area contributed by atoms with E-state index in [0.29, 0.717) is 0 Å². The maximum atomic E-state index is 4.15. The van der Waals surface area contributed by atoms with Crippen LogP contribution in [0.15, 0.2) is 0 Å². The van der Waals surface area contributed by atoms with Crippen molar-refractivity contribution in [2.75, 3.05) is 0 Å². The van der Waals surface area contributed by atoms with Gasteiger partial charge in [0, 0.05) is 19.8 Å². The van der Waals surface area contributed by atoms with Gasteiger partial charge in [-0.05, 0) is 0 Å². The lowest BCUT2D eigenvalue weighted by Gasteiger charge is -1.68. The van der Waals surface area contributed by atoms with E-state index in [9.17, 15) is 0 Å². The smallest absolute Gasteiger partial charge is 0.108 e. The van der Waals surface area contributed by atoms with Crippen LogP contribution in [-0.4, -0.2) is 11.9 Å². The third-order valence-corrected chi connectivity index (χ3v) is 1.01. The van der Waals surface area contributed by atoms with E-state index in [1.807, 2.05) is 13.1 Å². The summed E-state index contributed by atoms with van der Waals surface area (Å²) in [4.78, 5) is 0. The van der Waals surface area contributed by atoms with Crippen molar-refractivity contribution in [1.29, 1.82) is 0 Å². The molecule has 0 heterocycles. The molecule has 1 heteroatoms. The minimum Gasteiger partial charge on any atom is -0.108 e. The standard InChI is InChI=1S/C7H14N/c1-4-6-8-7(3)5-2/h6H,4-5H2,1-3H3/q+1. The molecule has 0 amide bonds. The van der Waals surface area contributed by atoms with Crippen LogP contribution < -0.4 is 4.67 Å². The molecule has 0 aromatic carbocycles. The van der Waals surface area contributed by atoms with Gasteiger partial charge in [0.05, 0.1) is 0 Å². The molecule has 0 radical (unpaired) electrons. The molecular formula is C7H14N+. The summed E-state index contributed by atoms with van der Waals surface area (Å²) in [5, 5.41) is 0. The molecule has 0 unspecified atom stereocenters. The SMILES string of the molecule is CCC=[N+]=C(C)CC. The van der Waals surface area contributed by atoms with Crippen molar-refractivity contribution >= 4 is 11.9 Å². The summed E-state index contributed by atoms with van der Waals surface area (Å²) >= 11 is 0. The average molecular weight is 112 g/mol. The molecule has 46 valence electrons. The lowest BCUT2D eigenvalue weighted by atomic mass is 10.3. The van der Waals surface area contributed by atoms with Gasteiger partial charge in [-0.3, -0.25) is 0 Å². The zero-order valence-corrected chi connectivity index (χ0v) is 5.94. The Kier molecular flexibility index (Phi) is 4.29. The number of rotatable bonds is 2. The molecule has 0 bridgehead atoms. The molecule has 1 nitrogen and oxygen atoms in total. The van der Waals surface area contributed by atoms with Crippen LogP contribution in [0, 0.1) is 0 Å². The highest BCUT2D eigenvalue weighted by Crippen LogP contribution is 1.72. The quantitative estimate of drug-likeness (QED) is 0.379. The number of hydrogen-bond acceptors (Lipinski definition) is 0. The average Bonchev–Trinajstić information content (AvgIpc) is 1.83. The molecule has 0 fully saturated rings. The van der Waals surface area contributed by atoms with Gasteiger partial charge in [-0.25, -0.2) is 0 Å². The largest absolute Gasteiger partial charge is 0.276 e. The van der Waals surface area contributed by atoms with E-state index in [4.69, 9.17) is 0 Å². The van der Waals surface area contributed by atoms with E-state index in [1.54, 1.807) is 0 Å². The minimum atomic E-state index is 1.04. The molecule has 0 atom stereocenters. The van der Waals surface area contributed by atoms with E-state index >= 15 is 0 Å². The Morgan fingerprint density at radius 2 is 2.12 bits per heavy atom. The van der Waals surface area contributed by atoms with Gasteiger partial charge < -0.3 is 0 Å². The highest BCUT2D eigenvalue weighted by molar-refractivity contribution is 5.83. The van der Waals surface area contributed by atoms with Gasteiger partial charge in [-0.1, -0.05) is 13.8 Å². The zero-order chi connectivity index (χ0) is 6.41. The molecule has 8 heavy (non-hydrogen) atoms. The highest BCUT2D eigenvalue weighted by atomic mass is 14.5. The Bertz CT molecular complexity index is 108. The second-order valence-corrected chi connectivity index (χ2v) is 1.81. The fourth-order valence-electron chi connectivity index (χ4n) is 0.338. The third kappa shape index (κ3) is 3.63. The van der Waals surface area contributed by atoms with Crippen LogP contribution in [0.3, 0.4) is 0 Å². The Morgan fingerprint density at radius 3 is 2.50 bits per heavy atom. The Balaban J connectivity index is 3.72. The molecule has 0 aromatic rings. The van der Waals surface area contributed by atoms with Gasteiger partial charge in [0.2, 0.25) is 0 Å². The van der Waals surface area contributed by atoms with Crippen LogP contribution in [0.1, 0.15) is 33.6 Å². The van der Waals surface area contributed by atoms with E-state index < -0.39 is 0 Å². The van der Waals surface area contributed by atoms with Crippen molar-refractivity contribution in [3.63, 3.8) is 0 Å². The molecule has 0 aromatic heterocycles. The van der Waals surface area contributed by atoms with Crippen LogP contribution in [0.4, 0.5) is 0 Å². The summed E-state index contributed by atoms with van der Waals surface area (Å²) in [6, 6.07) is 0. The molecule has 0 aliphatic heterocycles. The third-order valence-electron chi connectivity index (χ3n) is 1.01. The van der Waals surface area contributed by atoms with Gasteiger partial charge >= 0.3 is 0 Å². The molecule has 0 rings (SSSR count). The predicted molar refractivity (Wildman–Crippen MR) is 39.5 cm³/mol. The van der Waals surface area contributed by atoms with Crippen molar-refractivity contribution in [1.82, 2.24) is 4.67 Å². The molecule has 0 spiro atoms. The monoisotopic (exact) mass is 112 g/mol. The van der Waals surface area contributed by atoms with Crippen molar-refractivity contribution in [2.45, 2.75) is 33.6 Å². The normalized spacial score (nSPS) is 7.88. The Labute approximate surface area is 51.2 Å². The van der Waals surface area contributed by atoms with Gasteiger partial charge in [0.25, 0.3) is 11.9 Å². The predicted octanol–water partition coefficient (Wildman–Crippen LogP) is 1.41. The van der Waals surface area contributed by atoms with Gasteiger partial charge in [0.15, 0.2) is 0 Å².